The molecule has 1 saturated carbocycles. The molecule has 1 amide bonds. The molecule has 1 N–H and O–H groups in total. The smallest absolute Gasteiger partial charge is 0.349 e. The molecular formula is C15H17F4NO. The minimum atomic E-state index is -4.24. The number of carbonyl (C=O) groups is 1. The van der Waals surface area contributed by atoms with Crippen LogP contribution >= 0.6 is 0 Å². The van der Waals surface area contributed by atoms with Crippen LogP contribution in [-0.2, 0) is 0 Å². The van der Waals surface area contributed by atoms with E-state index in [0.29, 0.717) is 18.4 Å². The summed E-state index contributed by atoms with van der Waals surface area (Å²) in [6.07, 6.45) is -3.38. The van der Waals surface area contributed by atoms with Gasteiger partial charge in [0.1, 0.15) is 5.82 Å². The predicted octanol–water partition coefficient (Wildman–Crippen LogP) is 3.99. The molecule has 0 radical (unpaired) electrons. The summed E-state index contributed by atoms with van der Waals surface area (Å²) in [6, 6.07) is 3.62. The van der Waals surface area contributed by atoms with Crippen LogP contribution in [0.1, 0.15) is 41.6 Å². The SMILES string of the molecule is Cc1ccc(C(=O)NC2CCCC(C(F)(F)F)C2)c(F)c1. The Labute approximate surface area is 120 Å². The van der Waals surface area contributed by atoms with Crippen molar-refractivity contribution >= 4 is 5.91 Å². The summed E-state index contributed by atoms with van der Waals surface area (Å²) in [5, 5.41) is 2.52. The normalized spacial score (nSPS) is 22.9. The highest BCUT2D eigenvalue weighted by molar-refractivity contribution is 5.94. The molecule has 2 nitrogen and oxygen atoms in total. The molecule has 1 aliphatic carbocycles. The van der Waals surface area contributed by atoms with Crippen molar-refractivity contribution in [2.75, 3.05) is 0 Å². The Morgan fingerprint density at radius 1 is 1.29 bits per heavy atom. The molecule has 0 heterocycles. The van der Waals surface area contributed by atoms with Gasteiger partial charge in [0.05, 0.1) is 11.5 Å². The number of amides is 1. The first-order valence-electron chi connectivity index (χ1n) is 6.91. The molecule has 0 saturated heterocycles. The number of rotatable bonds is 2. The van der Waals surface area contributed by atoms with E-state index in [2.05, 4.69) is 5.32 Å². The first kappa shape index (κ1) is 15.8. The van der Waals surface area contributed by atoms with Crippen LogP contribution in [0.2, 0.25) is 0 Å². The number of halogens is 4. The molecule has 1 aromatic rings. The monoisotopic (exact) mass is 303 g/mol. The predicted molar refractivity (Wildman–Crippen MR) is 70.4 cm³/mol. The molecular weight excluding hydrogens is 286 g/mol. The summed E-state index contributed by atoms with van der Waals surface area (Å²) in [4.78, 5) is 12.0. The van der Waals surface area contributed by atoms with Crippen LogP contribution in [0.25, 0.3) is 0 Å². The lowest BCUT2D eigenvalue weighted by Gasteiger charge is -2.31. The lowest BCUT2D eigenvalue weighted by atomic mass is 9.85. The van der Waals surface area contributed by atoms with Crippen LogP contribution in [0.15, 0.2) is 18.2 Å². The first-order valence-corrected chi connectivity index (χ1v) is 6.91. The summed E-state index contributed by atoms with van der Waals surface area (Å²) >= 11 is 0. The number of aryl methyl sites for hydroxylation is 1. The molecule has 0 aliphatic heterocycles. The minimum absolute atomic E-state index is 0.0920. The van der Waals surface area contributed by atoms with E-state index < -0.39 is 29.9 Å². The molecule has 2 rings (SSSR count). The average molecular weight is 303 g/mol. The van der Waals surface area contributed by atoms with Gasteiger partial charge in [-0.25, -0.2) is 4.39 Å². The van der Waals surface area contributed by atoms with Crippen molar-refractivity contribution in [1.29, 1.82) is 0 Å². The Hall–Kier alpha value is -1.59. The summed E-state index contributed by atoms with van der Waals surface area (Å²) in [5.41, 5.74) is 0.550. The van der Waals surface area contributed by atoms with Crippen LogP contribution in [0.4, 0.5) is 17.6 Å². The Balaban J connectivity index is 2.02. The summed E-state index contributed by atoms with van der Waals surface area (Å²) < 4.78 is 51.8. The molecule has 0 aromatic heterocycles. The van der Waals surface area contributed by atoms with Crippen molar-refractivity contribution < 1.29 is 22.4 Å². The van der Waals surface area contributed by atoms with E-state index in [-0.39, 0.29) is 18.4 Å². The third-order valence-electron chi connectivity index (χ3n) is 3.84. The zero-order valence-electron chi connectivity index (χ0n) is 11.6. The molecule has 2 atom stereocenters. The molecule has 2 unspecified atom stereocenters. The number of nitrogens with one attached hydrogen (secondary N) is 1. The fraction of sp³-hybridized carbons (Fsp3) is 0.533. The second kappa shape index (κ2) is 6.03. The van der Waals surface area contributed by atoms with Gasteiger partial charge in [0.2, 0.25) is 0 Å². The number of benzene rings is 1. The molecule has 1 aromatic carbocycles. The molecule has 0 bridgehead atoms. The summed E-state index contributed by atoms with van der Waals surface area (Å²) in [6.45, 7) is 1.69. The largest absolute Gasteiger partial charge is 0.391 e. The van der Waals surface area contributed by atoms with E-state index in [4.69, 9.17) is 0 Å². The fourth-order valence-corrected chi connectivity index (χ4v) is 2.69. The highest BCUT2D eigenvalue weighted by Crippen LogP contribution is 2.37. The number of carbonyl (C=O) groups excluding carboxylic acids is 1. The van der Waals surface area contributed by atoms with Crippen LogP contribution in [0.5, 0.6) is 0 Å². The number of hydrogen-bond donors (Lipinski definition) is 1. The third kappa shape index (κ3) is 3.95. The lowest BCUT2D eigenvalue weighted by molar-refractivity contribution is -0.183. The van der Waals surface area contributed by atoms with Gasteiger partial charge in [0.25, 0.3) is 5.91 Å². The van der Waals surface area contributed by atoms with Gasteiger partial charge in [0.15, 0.2) is 0 Å². The molecule has 1 fully saturated rings. The van der Waals surface area contributed by atoms with Gasteiger partial charge < -0.3 is 5.32 Å². The van der Waals surface area contributed by atoms with Gasteiger partial charge in [-0.2, -0.15) is 13.2 Å². The highest BCUT2D eigenvalue weighted by atomic mass is 19.4. The molecule has 0 spiro atoms. The topological polar surface area (TPSA) is 29.1 Å². The molecule has 6 heteroatoms. The van der Waals surface area contributed by atoms with Crippen molar-refractivity contribution in [2.45, 2.75) is 44.8 Å². The maximum atomic E-state index is 13.7. The van der Waals surface area contributed by atoms with E-state index in [1.807, 2.05) is 0 Å². The molecule has 21 heavy (non-hydrogen) atoms. The second-order valence-corrected chi connectivity index (χ2v) is 5.56. The minimum Gasteiger partial charge on any atom is -0.349 e. The quantitative estimate of drug-likeness (QED) is 0.823. The number of hydrogen-bond acceptors (Lipinski definition) is 1. The van der Waals surface area contributed by atoms with Gasteiger partial charge in [-0.3, -0.25) is 4.79 Å². The summed E-state index contributed by atoms with van der Waals surface area (Å²) in [5.74, 6) is -2.70. The average Bonchev–Trinajstić information content (AvgIpc) is 2.37. The van der Waals surface area contributed by atoms with Gasteiger partial charge in [-0.05, 0) is 43.9 Å². The fourth-order valence-electron chi connectivity index (χ4n) is 2.69. The van der Waals surface area contributed by atoms with Crippen LogP contribution < -0.4 is 5.32 Å². The Bertz CT molecular complexity index is 527. The highest BCUT2D eigenvalue weighted by Gasteiger charge is 2.42. The standard InChI is InChI=1S/C15H17F4NO/c1-9-5-6-12(13(16)7-9)14(21)20-11-4-2-3-10(8-11)15(17,18)19/h5-7,10-11H,2-4,8H2,1H3,(H,20,21). The maximum Gasteiger partial charge on any atom is 0.391 e. The summed E-state index contributed by atoms with van der Waals surface area (Å²) in [7, 11) is 0. The zero-order valence-corrected chi connectivity index (χ0v) is 11.6. The van der Waals surface area contributed by atoms with Crippen molar-refractivity contribution in [2.24, 2.45) is 5.92 Å². The van der Waals surface area contributed by atoms with E-state index in [0.717, 1.165) is 0 Å². The first-order chi connectivity index (χ1) is 9.77. The Morgan fingerprint density at radius 2 is 2.00 bits per heavy atom. The van der Waals surface area contributed by atoms with Crippen LogP contribution in [0.3, 0.4) is 0 Å². The van der Waals surface area contributed by atoms with Crippen molar-refractivity contribution in [3.63, 3.8) is 0 Å². The Kier molecular flexibility index (Phi) is 4.54. The van der Waals surface area contributed by atoms with Gasteiger partial charge in [-0.15, -0.1) is 0 Å². The van der Waals surface area contributed by atoms with Gasteiger partial charge in [0, 0.05) is 6.04 Å². The lowest BCUT2D eigenvalue weighted by Crippen LogP contribution is -2.41. The zero-order chi connectivity index (χ0) is 15.6. The van der Waals surface area contributed by atoms with Gasteiger partial charge >= 0.3 is 6.18 Å². The van der Waals surface area contributed by atoms with Crippen molar-refractivity contribution in [1.82, 2.24) is 5.32 Å². The van der Waals surface area contributed by atoms with E-state index in [9.17, 15) is 22.4 Å². The van der Waals surface area contributed by atoms with Gasteiger partial charge in [-0.1, -0.05) is 12.5 Å². The van der Waals surface area contributed by atoms with Crippen molar-refractivity contribution in [3.05, 3.63) is 35.1 Å². The molecule has 1 aliphatic rings. The second-order valence-electron chi connectivity index (χ2n) is 5.56. The maximum absolute atomic E-state index is 13.7. The van der Waals surface area contributed by atoms with Crippen LogP contribution in [0, 0.1) is 18.7 Å². The van der Waals surface area contributed by atoms with E-state index >= 15 is 0 Å². The Morgan fingerprint density at radius 3 is 2.62 bits per heavy atom. The van der Waals surface area contributed by atoms with Crippen LogP contribution in [-0.4, -0.2) is 18.1 Å². The number of alkyl halides is 3. The van der Waals surface area contributed by atoms with Crippen molar-refractivity contribution in [3.8, 4) is 0 Å². The third-order valence-corrected chi connectivity index (χ3v) is 3.84. The molecule has 116 valence electrons. The van der Waals surface area contributed by atoms with E-state index in [1.54, 1.807) is 13.0 Å². The van der Waals surface area contributed by atoms with E-state index in [1.165, 1.54) is 12.1 Å².